The van der Waals surface area contributed by atoms with E-state index in [0.717, 1.165) is 24.1 Å². The molecule has 1 aliphatic rings. The van der Waals surface area contributed by atoms with Crippen LogP contribution in [-0.2, 0) is 17.8 Å². The van der Waals surface area contributed by atoms with Gasteiger partial charge in [-0.15, -0.1) is 0 Å². The van der Waals surface area contributed by atoms with Gasteiger partial charge in [0, 0.05) is 55.1 Å². The number of halogens is 1. The summed E-state index contributed by atoms with van der Waals surface area (Å²) in [6.45, 7) is 2.20. The van der Waals surface area contributed by atoms with Crippen LogP contribution in [0.3, 0.4) is 0 Å². The van der Waals surface area contributed by atoms with E-state index in [-0.39, 0.29) is 17.7 Å². The summed E-state index contributed by atoms with van der Waals surface area (Å²) in [6.07, 6.45) is 5.79. The maximum atomic E-state index is 12.8. The molecule has 1 aromatic heterocycles. The molecule has 1 saturated heterocycles. The number of hydrogen-bond acceptors (Lipinski definition) is 4. The molecule has 0 saturated carbocycles. The van der Waals surface area contributed by atoms with E-state index in [0.29, 0.717) is 48.7 Å². The minimum atomic E-state index is -0.222. The predicted octanol–water partition coefficient (Wildman–Crippen LogP) is 3.67. The lowest BCUT2D eigenvalue weighted by atomic mass is 9.96. The molecule has 0 aliphatic carbocycles. The quantitative estimate of drug-likeness (QED) is 0.564. The summed E-state index contributed by atoms with van der Waals surface area (Å²) in [6, 6.07) is 16.5. The van der Waals surface area contributed by atoms with Crippen molar-refractivity contribution in [1.29, 1.82) is 5.26 Å². The number of piperidine rings is 1. The van der Waals surface area contributed by atoms with Gasteiger partial charge in [-0.05, 0) is 48.7 Å². The molecular weight excluding hydrogens is 450 g/mol. The fourth-order valence-corrected chi connectivity index (χ4v) is 4.41. The Kier molecular flexibility index (Phi) is 7.61. The molecule has 0 radical (unpaired) electrons. The molecule has 1 fully saturated rings. The predicted molar refractivity (Wildman–Crippen MR) is 129 cm³/mol. The Labute approximate surface area is 204 Å². The molecule has 3 aromatic rings. The van der Waals surface area contributed by atoms with Crippen molar-refractivity contribution >= 4 is 23.4 Å². The molecule has 7 nitrogen and oxygen atoms in total. The van der Waals surface area contributed by atoms with Gasteiger partial charge in [-0.2, -0.15) is 5.26 Å². The van der Waals surface area contributed by atoms with E-state index in [4.69, 9.17) is 16.9 Å². The van der Waals surface area contributed by atoms with Crippen LogP contribution in [0.15, 0.2) is 61.1 Å². The van der Waals surface area contributed by atoms with Gasteiger partial charge in [0.25, 0.3) is 5.91 Å². The molecule has 1 aliphatic heterocycles. The normalized spacial score (nSPS) is 15.5. The third kappa shape index (κ3) is 5.83. The molecule has 0 unspecified atom stereocenters. The topological polar surface area (TPSA) is 91.0 Å². The lowest BCUT2D eigenvalue weighted by Gasteiger charge is -2.32. The zero-order valence-corrected chi connectivity index (χ0v) is 19.5. The molecule has 1 N–H and O–H groups in total. The third-order valence-corrected chi connectivity index (χ3v) is 6.30. The van der Waals surface area contributed by atoms with Crippen LogP contribution in [0.25, 0.3) is 0 Å². The SMILES string of the molecule is N#Cc1ccc(Cn2cncc2CCNC(=O)[C@H]2CCCN(C(=O)c3cccc(Cl)c3)C2)cc1. The molecular formula is C26H26ClN5O2. The maximum Gasteiger partial charge on any atom is 0.253 e. The highest BCUT2D eigenvalue weighted by atomic mass is 35.5. The molecule has 0 spiro atoms. The number of aromatic nitrogens is 2. The number of imidazole rings is 1. The average molecular weight is 476 g/mol. The average Bonchev–Trinajstić information content (AvgIpc) is 3.30. The molecule has 2 heterocycles. The van der Waals surface area contributed by atoms with Crippen LogP contribution in [0, 0.1) is 17.2 Å². The van der Waals surface area contributed by atoms with Gasteiger partial charge in [0.05, 0.1) is 23.9 Å². The van der Waals surface area contributed by atoms with Crippen molar-refractivity contribution in [2.45, 2.75) is 25.8 Å². The van der Waals surface area contributed by atoms with Crippen molar-refractivity contribution in [3.8, 4) is 6.07 Å². The molecule has 2 aromatic carbocycles. The number of hydrogen-bond donors (Lipinski definition) is 1. The van der Waals surface area contributed by atoms with Gasteiger partial charge in [-0.1, -0.05) is 29.8 Å². The van der Waals surface area contributed by atoms with Crippen molar-refractivity contribution < 1.29 is 9.59 Å². The van der Waals surface area contributed by atoms with E-state index < -0.39 is 0 Å². The van der Waals surface area contributed by atoms with Crippen LogP contribution >= 0.6 is 11.6 Å². The highest BCUT2D eigenvalue weighted by molar-refractivity contribution is 6.30. The van der Waals surface area contributed by atoms with Gasteiger partial charge < -0.3 is 14.8 Å². The number of carbonyl (C=O) groups is 2. The first-order valence-electron chi connectivity index (χ1n) is 11.3. The van der Waals surface area contributed by atoms with Gasteiger partial charge in [0.15, 0.2) is 0 Å². The van der Waals surface area contributed by atoms with Gasteiger partial charge >= 0.3 is 0 Å². The van der Waals surface area contributed by atoms with Crippen LogP contribution in [0.1, 0.15) is 40.0 Å². The zero-order valence-electron chi connectivity index (χ0n) is 18.8. The second-order valence-corrected chi connectivity index (χ2v) is 8.90. The lowest BCUT2D eigenvalue weighted by Crippen LogP contribution is -2.45. The number of carbonyl (C=O) groups excluding carboxylic acids is 2. The van der Waals surface area contributed by atoms with Crippen LogP contribution in [0.2, 0.25) is 5.02 Å². The van der Waals surface area contributed by atoms with E-state index in [1.165, 1.54) is 0 Å². The van der Waals surface area contributed by atoms with E-state index in [1.807, 2.05) is 22.9 Å². The van der Waals surface area contributed by atoms with E-state index in [9.17, 15) is 9.59 Å². The van der Waals surface area contributed by atoms with Crippen LogP contribution in [-0.4, -0.2) is 45.9 Å². The van der Waals surface area contributed by atoms with Crippen LogP contribution in [0.4, 0.5) is 0 Å². The van der Waals surface area contributed by atoms with Crippen molar-refractivity contribution in [2.75, 3.05) is 19.6 Å². The van der Waals surface area contributed by atoms with Crippen molar-refractivity contribution in [1.82, 2.24) is 19.8 Å². The smallest absolute Gasteiger partial charge is 0.253 e. The number of amides is 2. The number of benzene rings is 2. The fourth-order valence-electron chi connectivity index (χ4n) is 4.22. The Hall–Kier alpha value is -3.63. The molecule has 1 atom stereocenters. The number of nitrogens with zero attached hydrogens (tertiary/aromatic N) is 4. The number of nitriles is 1. The van der Waals surface area contributed by atoms with E-state index in [1.54, 1.807) is 47.6 Å². The highest BCUT2D eigenvalue weighted by Crippen LogP contribution is 2.20. The molecule has 174 valence electrons. The summed E-state index contributed by atoms with van der Waals surface area (Å²) >= 11 is 6.02. The Bertz CT molecular complexity index is 1200. The van der Waals surface area contributed by atoms with Crippen LogP contribution in [0.5, 0.6) is 0 Å². The number of rotatable bonds is 7. The van der Waals surface area contributed by atoms with Gasteiger partial charge in [0.2, 0.25) is 5.91 Å². The Morgan fingerprint density at radius 2 is 2.03 bits per heavy atom. The Morgan fingerprint density at radius 1 is 1.21 bits per heavy atom. The first kappa shape index (κ1) is 23.5. The Morgan fingerprint density at radius 3 is 2.79 bits per heavy atom. The highest BCUT2D eigenvalue weighted by Gasteiger charge is 2.28. The largest absolute Gasteiger partial charge is 0.355 e. The third-order valence-electron chi connectivity index (χ3n) is 6.07. The van der Waals surface area contributed by atoms with E-state index >= 15 is 0 Å². The molecule has 0 bridgehead atoms. The summed E-state index contributed by atoms with van der Waals surface area (Å²) < 4.78 is 2.04. The first-order valence-corrected chi connectivity index (χ1v) is 11.7. The van der Waals surface area contributed by atoms with Gasteiger partial charge in [-0.25, -0.2) is 4.98 Å². The molecule has 8 heteroatoms. The lowest BCUT2D eigenvalue weighted by molar-refractivity contribution is -0.126. The molecule has 34 heavy (non-hydrogen) atoms. The summed E-state index contributed by atoms with van der Waals surface area (Å²) in [5.74, 6) is -0.339. The number of likely N-dealkylation sites (tertiary alicyclic amines) is 1. The fraction of sp³-hybridized carbons (Fsp3) is 0.308. The monoisotopic (exact) mass is 475 g/mol. The van der Waals surface area contributed by atoms with Gasteiger partial charge in [-0.3, -0.25) is 9.59 Å². The van der Waals surface area contributed by atoms with Gasteiger partial charge in [0.1, 0.15) is 0 Å². The summed E-state index contributed by atoms with van der Waals surface area (Å²) in [4.78, 5) is 31.6. The Balaban J connectivity index is 1.28. The minimum absolute atomic E-state index is 0.0262. The van der Waals surface area contributed by atoms with Crippen LogP contribution < -0.4 is 5.32 Å². The zero-order chi connectivity index (χ0) is 23.9. The first-order chi connectivity index (χ1) is 16.5. The summed E-state index contributed by atoms with van der Waals surface area (Å²) in [5, 5.41) is 12.5. The van der Waals surface area contributed by atoms with Crippen molar-refractivity contribution in [3.05, 3.63) is 88.5 Å². The summed E-state index contributed by atoms with van der Waals surface area (Å²) in [5.41, 5.74) is 3.27. The number of nitrogens with one attached hydrogen (secondary N) is 1. The minimum Gasteiger partial charge on any atom is -0.355 e. The second-order valence-electron chi connectivity index (χ2n) is 8.46. The maximum absolute atomic E-state index is 12.8. The molecule has 2 amide bonds. The standard InChI is InChI=1S/C26H26ClN5O2/c27-23-5-1-3-21(13-23)26(34)31-12-2-4-22(17-31)25(33)30-11-10-24-15-29-18-32(24)16-20-8-6-19(14-28)7-9-20/h1,3,5-9,13,15,18,22H,2,4,10-12,16-17H2,(H,30,33)/t22-/m0/s1. The summed E-state index contributed by atoms with van der Waals surface area (Å²) in [7, 11) is 0. The van der Waals surface area contributed by atoms with E-state index in [2.05, 4.69) is 16.4 Å². The van der Waals surface area contributed by atoms with Crippen molar-refractivity contribution in [3.63, 3.8) is 0 Å². The second kappa shape index (κ2) is 11.0. The molecule has 4 rings (SSSR count). The van der Waals surface area contributed by atoms with Crippen molar-refractivity contribution in [2.24, 2.45) is 5.92 Å².